The second-order valence-electron chi connectivity index (χ2n) is 4.55. The van der Waals surface area contributed by atoms with E-state index in [9.17, 15) is 4.79 Å². The van der Waals surface area contributed by atoms with Crippen molar-refractivity contribution < 1.29 is 4.79 Å². The molecule has 0 heterocycles. The third kappa shape index (κ3) is 5.10. The van der Waals surface area contributed by atoms with Crippen molar-refractivity contribution in [1.29, 1.82) is 0 Å². The van der Waals surface area contributed by atoms with Crippen molar-refractivity contribution in [3.8, 4) is 0 Å². The molecule has 1 unspecified atom stereocenters. The molecule has 0 radical (unpaired) electrons. The second-order valence-corrected chi connectivity index (χ2v) is 5.97. The third-order valence-corrected chi connectivity index (χ3v) is 3.68. The van der Waals surface area contributed by atoms with Crippen LogP contribution in [0.25, 0.3) is 0 Å². The molecule has 0 saturated carbocycles. The number of carbonyl (C=O) groups is 1. The zero-order chi connectivity index (χ0) is 13.5. The first-order valence-electron chi connectivity index (χ1n) is 6.23. The number of hydrogen-bond acceptors (Lipinski definition) is 3. The van der Waals surface area contributed by atoms with E-state index in [-0.39, 0.29) is 11.2 Å². The molecule has 0 fully saturated rings. The molecule has 2 N–H and O–H groups in total. The van der Waals surface area contributed by atoms with Crippen molar-refractivity contribution in [1.82, 2.24) is 10.6 Å². The van der Waals surface area contributed by atoms with Crippen LogP contribution in [0.5, 0.6) is 0 Å². The quantitative estimate of drug-likeness (QED) is 0.777. The Bertz CT molecular complexity index is 376. The Labute approximate surface area is 114 Å². The molecule has 18 heavy (non-hydrogen) atoms. The normalized spacial score (nSPS) is 12.5. The molecule has 0 aliphatic heterocycles. The van der Waals surface area contributed by atoms with E-state index in [4.69, 9.17) is 0 Å². The smallest absolute Gasteiger partial charge is 0.232 e. The van der Waals surface area contributed by atoms with Gasteiger partial charge in [0.2, 0.25) is 5.91 Å². The van der Waals surface area contributed by atoms with E-state index in [0.29, 0.717) is 6.04 Å². The van der Waals surface area contributed by atoms with Gasteiger partial charge in [0, 0.05) is 24.5 Å². The molecule has 0 saturated heterocycles. The number of thioether (sulfide) groups is 1. The predicted octanol–water partition coefficient (Wildman–Crippen LogP) is 2.41. The predicted molar refractivity (Wildman–Crippen MR) is 77.8 cm³/mol. The molecule has 0 aliphatic rings. The zero-order valence-electron chi connectivity index (χ0n) is 11.5. The van der Waals surface area contributed by atoms with Gasteiger partial charge in [0.25, 0.3) is 0 Å². The van der Waals surface area contributed by atoms with Crippen molar-refractivity contribution in [3.05, 3.63) is 29.8 Å². The summed E-state index contributed by atoms with van der Waals surface area (Å²) in [7, 11) is 1.67. The van der Waals surface area contributed by atoms with E-state index in [1.54, 1.807) is 18.8 Å². The number of nitrogens with one attached hydrogen (secondary N) is 2. The van der Waals surface area contributed by atoms with Gasteiger partial charge in [0.05, 0.1) is 5.25 Å². The fourth-order valence-electron chi connectivity index (χ4n) is 1.47. The Morgan fingerprint density at radius 3 is 2.33 bits per heavy atom. The number of hydrogen-bond donors (Lipinski definition) is 2. The van der Waals surface area contributed by atoms with E-state index in [1.807, 2.05) is 6.92 Å². The molecule has 1 aromatic carbocycles. The molecule has 0 aromatic heterocycles. The number of amides is 1. The van der Waals surface area contributed by atoms with Crippen LogP contribution in [0.2, 0.25) is 0 Å². The molecule has 3 nitrogen and oxygen atoms in total. The lowest BCUT2D eigenvalue weighted by molar-refractivity contribution is -0.119. The average Bonchev–Trinajstić information content (AvgIpc) is 2.36. The fraction of sp³-hybridized carbons (Fsp3) is 0.500. The minimum absolute atomic E-state index is 0.0605. The van der Waals surface area contributed by atoms with Gasteiger partial charge in [0.1, 0.15) is 0 Å². The van der Waals surface area contributed by atoms with Gasteiger partial charge in [-0.15, -0.1) is 11.8 Å². The van der Waals surface area contributed by atoms with Crippen molar-refractivity contribution in [2.45, 2.75) is 43.5 Å². The first kappa shape index (κ1) is 15.1. The second kappa shape index (κ2) is 7.44. The standard InChI is InChI=1S/C14H22N2OS/c1-10(2)16-9-12-5-7-13(8-6-12)18-11(3)14(17)15-4/h5-8,10-11,16H,9H2,1-4H3,(H,15,17). The first-order valence-corrected chi connectivity index (χ1v) is 7.11. The van der Waals surface area contributed by atoms with Gasteiger partial charge >= 0.3 is 0 Å². The van der Waals surface area contributed by atoms with Crippen LogP contribution in [0, 0.1) is 0 Å². The Morgan fingerprint density at radius 2 is 1.83 bits per heavy atom. The lowest BCUT2D eigenvalue weighted by Gasteiger charge is -2.11. The summed E-state index contributed by atoms with van der Waals surface area (Å²) in [5.41, 5.74) is 1.26. The van der Waals surface area contributed by atoms with Crippen LogP contribution < -0.4 is 10.6 Å². The van der Waals surface area contributed by atoms with Gasteiger partial charge in [-0.1, -0.05) is 26.0 Å². The van der Waals surface area contributed by atoms with Crippen LogP contribution in [0.4, 0.5) is 0 Å². The van der Waals surface area contributed by atoms with Crippen LogP contribution in [-0.2, 0) is 11.3 Å². The van der Waals surface area contributed by atoms with Gasteiger partial charge < -0.3 is 10.6 Å². The molecule has 0 spiro atoms. The highest BCUT2D eigenvalue weighted by Crippen LogP contribution is 2.23. The van der Waals surface area contributed by atoms with Crippen molar-refractivity contribution >= 4 is 17.7 Å². The molecule has 1 atom stereocenters. The molecule has 1 rings (SSSR count). The van der Waals surface area contributed by atoms with Crippen molar-refractivity contribution in [2.24, 2.45) is 0 Å². The zero-order valence-corrected chi connectivity index (χ0v) is 12.3. The summed E-state index contributed by atoms with van der Waals surface area (Å²) in [5.74, 6) is 0.0607. The Hall–Kier alpha value is -1.00. The maximum atomic E-state index is 11.4. The summed E-state index contributed by atoms with van der Waals surface area (Å²) in [5, 5.41) is 5.98. The topological polar surface area (TPSA) is 41.1 Å². The third-order valence-electron chi connectivity index (χ3n) is 2.57. The first-order chi connectivity index (χ1) is 8.52. The van der Waals surface area contributed by atoms with Crippen LogP contribution in [0.3, 0.4) is 0 Å². The number of carbonyl (C=O) groups excluding carboxylic acids is 1. The summed E-state index contributed by atoms with van der Waals surface area (Å²) in [6, 6.07) is 8.85. The van der Waals surface area contributed by atoms with Gasteiger partial charge in [0.15, 0.2) is 0 Å². The molecule has 0 aliphatic carbocycles. The molecular weight excluding hydrogens is 244 g/mol. The van der Waals surface area contributed by atoms with E-state index in [2.05, 4.69) is 48.7 Å². The molecule has 0 bridgehead atoms. The Balaban J connectivity index is 2.52. The van der Waals surface area contributed by atoms with Gasteiger partial charge in [-0.25, -0.2) is 0 Å². The Morgan fingerprint density at radius 1 is 1.22 bits per heavy atom. The SMILES string of the molecule is CNC(=O)C(C)Sc1ccc(CNC(C)C)cc1. The molecule has 1 amide bonds. The largest absolute Gasteiger partial charge is 0.358 e. The van der Waals surface area contributed by atoms with E-state index < -0.39 is 0 Å². The van der Waals surface area contributed by atoms with Crippen molar-refractivity contribution in [2.75, 3.05) is 7.05 Å². The van der Waals surface area contributed by atoms with Crippen LogP contribution >= 0.6 is 11.8 Å². The highest BCUT2D eigenvalue weighted by molar-refractivity contribution is 8.00. The average molecular weight is 266 g/mol. The molecule has 4 heteroatoms. The van der Waals surface area contributed by atoms with Gasteiger partial charge in [-0.3, -0.25) is 4.79 Å². The highest BCUT2D eigenvalue weighted by Gasteiger charge is 2.11. The summed E-state index contributed by atoms with van der Waals surface area (Å²) in [4.78, 5) is 12.5. The number of rotatable bonds is 6. The molecule has 1 aromatic rings. The van der Waals surface area contributed by atoms with Crippen LogP contribution in [-0.4, -0.2) is 24.2 Å². The Kier molecular flexibility index (Phi) is 6.22. The van der Waals surface area contributed by atoms with Crippen molar-refractivity contribution in [3.63, 3.8) is 0 Å². The maximum Gasteiger partial charge on any atom is 0.232 e. The lowest BCUT2D eigenvalue weighted by Crippen LogP contribution is -2.27. The van der Waals surface area contributed by atoms with Gasteiger partial charge in [-0.2, -0.15) is 0 Å². The summed E-state index contributed by atoms with van der Waals surface area (Å²) >= 11 is 1.58. The van der Waals surface area contributed by atoms with Gasteiger partial charge in [-0.05, 0) is 24.6 Å². The summed E-state index contributed by atoms with van der Waals surface area (Å²) in [6.45, 7) is 7.07. The highest BCUT2D eigenvalue weighted by atomic mass is 32.2. The van der Waals surface area contributed by atoms with E-state index >= 15 is 0 Å². The maximum absolute atomic E-state index is 11.4. The molecular formula is C14H22N2OS. The van der Waals surface area contributed by atoms with Crippen LogP contribution in [0.15, 0.2) is 29.2 Å². The summed E-state index contributed by atoms with van der Waals surface area (Å²) < 4.78 is 0. The summed E-state index contributed by atoms with van der Waals surface area (Å²) in [6.07, 6.45) is 0. The fourth-order valence-corrected chi connectivity index (χ4v) is 2.40. The lowest BCUT2D eigenvalue weighted by atomic mass is 10.2. The minimum atomic E-state index is -0.0605. The van der Waals surface area contributed by atoms with E-state index in [0.717, 1.165) is 11.4 Å². The van der Waals surface area contributed by atoms with E-state index in [1.165, 1.54) is 5.56 Å². The minimum Gasteiger partial charge on any atom is -0.358 e. The molecule has 100 valence electrons. The van der Waals surface area contributed by atoms with Crippen LogP contribution in [0.1, 0.15) is 26.3 Å². The number of benzene rings is 1. The monoisotopic (exact) mass is 266 g/mol.